The van der Waals surface area contributed by atoms with E-state index in [1.165, 1.54) is 0 Å². The molecule has 0 radical (unpaired) electrons. The summed E-state index contributed by atoms with van der Waals surface area (Å²) in [7, 11) is 1.85. The average Bonchev–Trinajstić information content (AvgIpc) is 2.12. The molecule has 1 rings (SSSR count). The Balaban J connectivity index is 2.81. The maximum atomic E-state index is 5.62. The van der Waals surface area contributed by atoms with E-state index < -0.39 is 0 Å². The van der Waals surface area contributed by atoms with Gasteiger partial charge in [0.1, 0.15) is 0 Å². The summed E-state index contributed by atoms with van der Waals surface area (Å²) in [5, 5.41) is 2.93. The number of nitrogens with two attached hydrogens (primary N) is 2. The average molecular weight is 175 g/mol. The van der Waals surface area contributed by atoms with E-state index in [1.54, 1.807) is 12.1 Å². The van der Waals surface area contributed by atoms with Crippen LogP contribution < -0.4 is 16.8 Å². The molecule has 5 N–H and O–H groups in total. The molecule has 13 heavy (non-hydrogen) atoms. The highest BCUT2D eigenvalue weighted by Crippen LogP contribution is 2.14. The van der Waals surface area contributed by atoms with Crippen molar-refractivity contribution in [1.82, 2.24) is 5.32 Å². The van der Waals surface area contributed by atoms with Crippen LogP contribution in [0, 0.1) is 11.8 Å². The molecule has 0 heterocycles. The van der Waals surface area contributed by atoms with E-state index in [0.717, 1.165) is 5.56 Å². The maximum absolute atomic E-state index is 5.62. The zero-order chi connectivity index (χ0) is 9.68. The fourth-order valence-electron chi connectivity index (χ4n) is 0.887. The van der Waals surface area contributed by atoms with Gasteiger partial charge >= 0.3 is 0 Å². The number of anilines is 2. The maximum Gasteiger partial charge on any atom is 0.0577 e. The first-order chi connectivity index (χ1) is 6.24. The van der Waals surface area contributed by atoms with Crippen LogP contribution in [0.3, 0.4) is 0 Å². The van der Waals surface area contributed by atoms with Crippen molar-refractivity contribution >= 4 is 11.4 Å². The molecule has 0 atom stereocenters. The second kappa shape index (κ2) is 4.39. The van der Waals surface area contributed by atoms with Gasteiger partial charge in [-0.2, -0.15) is 0 Å². The Kier molecular flexibility index (Phi) is 3.18. The van der Waals surface area contributed by atoms with Crippen LogP contribution in [-0.2, 0) is 0 Å². The highest BCUT2D eigenvalue weighted by atomic mass is 14.8. The highest BCUT2D eigenvalue weighted by Gasteiger charge is 1.93. The van der Waals surface area contributed by atoms with E-state index in [0.29, 0.717) is 17.9 Å². The van der Waals surface area contributed by atoms with E-state index in [1.807, 2.05) is 13.1 Å². The van der Waals surface area contributed by atoms with Gasteiger partial charge < -0.3 is 16.8 Å². The molecule has 3 heteroatoms. The lowest BCUT2D eigenvalue weighted by atomic mass is 10.2. The number of hydrogen-bond donors (Lipinski definition) is 3. The number of benzene rings is 1. The molecule has 0 aliphatic carbocycles. The predicted octanol–water partition coefficient (Wildman–Crippen LogP) is 0.422. The van der Waals surface area contributed by atoms with Crippen molar-refractivity contribution in [3.05, 3.63) is 23.8 Å². The molecule has 0 saturated carbocycles. The van der Waals surface area contributed by atoms with Crippen molar-refractivity contribution in [3.63, 3.8) is 0 Å². The van der Waals surface area contributed by atoms with E-state index >= 15 is 0 Å². The first-order valence-corrected chi connectivity index (χ1v) is 4.02. The van der Waals surface area contributed by atoms with Crippen LogP contribution >= 0.6 is 0 Å². The first-order valence-electron chi connectivity index (χ1n) is 4.02. The van der Waals surface area contributed by atoms with Gasteiger partial charge in [0.2, 0.25) is 0 Å². The molecule has 1 aromatic rings. The Bertz CT molecular complexity index is 347. The molecule has 0 bridgehead atoms. The van der Waals surface area contributed by atoms with Gasteiger partial charge in [-0.3, -0.25) is 0 Å². The third-order valence-electron chi connectivity index (χ3n) is 1.58. The van der Waals surface area contributed by atoms with Crippen molar-refractivity contribution in [2.45, 2.75) is 0 Å². The summed E-state index contributed by atoms with van der Waals surface area (Å²) >= 11 is 0. The molecular formula is C10H13N3. The molecule has 0 saturated heterocycles. The summed E-state index contributed by atoms with van der Waals surface area (Å²) in [5.41, 5.74) is 13.2. The van der Waals surface area contributed by atoms with Gasteiger partial charge in [-0.15, -0.1) is 0 Å². The number of nitrogens with one attached hydrogen (secondary N) is 1. The van der Waals surface area contributed by atoms with Crippen molar-refractivity contribution in [2.75, 3.05) is 25.1 Å². The minimum absolute atomic E-state index is 0.580. The summed E-state index contributed by atoms with van der Waals surface area (Å²) in [6.07, 6.45) is 0. The van der Waals surface area contributed by atoms with E-state index in [9.17, 15) is 0 Å². The van der Waals surface area contributed by atoms with Gasteiger partial charge in [0, 0.05) is 5.56 Å². The highest BCUT2D eigenvalue weighted by molar-refractivity contribution is 5.65. The Hall–Kier alpha value is -1.66. The van der Waals surface area contributed by atoms with Gasteiger partial charge in [-0.05, 0) is 25.2 Å². The molecule has 0 aliphatic heterocycles. The van der Waals surface area contributed by atoms with Crippen LogP contribution in [0.15, 0.2) is 18.2 Å². The Labute approximate surface area is 78.1 Å². The second-order valence-electron chi connectivity index (χ2n) is 2.68. The molecule has 1 aromatic carbocycles. The van der Waals surface area contributed by atoms with Crippen LogP contribution in [0.4, 0.5) is 11.4 Å². The van der Waals surface area contributed by atoms with Crippen molar-refractivity contribution in [1.29, 1.82) is 0 Å². The molecule has 0 unspecified atom stereocenters. The Morgan fingerprint density at radius 3 is 2.69 bits per heavy atom. The summed E-state index contributed by atoms with van der Waals surface area (Å²) in [5.74, 6) is 5.91. The van der Waals surface area contributed by atoms with Crippen molar-refractivity contribution < 1.29 is 0 Å². The molecule has 3 nitrogen and oxygen atoms in total. The molecule has 0 fully saturated rings. The standard InChI is InChI=1S/C10H13N3/c1-13-6-2-3-8-4-5-9(11)10(12)7-8/h4-5,7,13H,6,11-12H2,1H3. The van der Waals surface area contributed by atoms with Crippen molar-refractivity contribution in [2.24, 2.45) is 0 Å². The first kappa shape index (κ1) is 9.43. The van der Waals surface area contributed by atoms with E-state index in [2.05, 4.69) is 17.2 Å². The monoisotopic (exact) mass is 175 g/mol. The number of rotatable bonds is 1. The normalized spacial score (nSPS) is 9.00. The van der Waals surface area contributed by atoms with Gasteiger partial charge in [0.15, 0.2) is 0 Å². The van der Waals surface area contributed by atoms with Crippen LogP contribution in [-0.4, -0.2) is 13.6 Å². The fraction of sp³-hybridized carbons (Fsp3) is 0.200. The topological polar surface area (TPSA) is 64.1 Å². The van der Waals surface area contributed by atoms with Crippen LogP contribution in [0.25, 0.3) is 0 Å². The van der Waals surface area contributed by atoms with Crippen molar-refractivity contribution in [3.8, 4) is 11.8 Å². The van der Waals surface area contributed by atoms with Gasteiger partial charge in [0.25, 0.3) is 0 Å². The molecule has 0 amide bonds. The van der Waals surface area contributed by atoms with Crippen LogP contribution in [0.2, 0.25) is 0 Å². The third kappa shape index (κ3) is 2.69. The van der Waals surface area contributed by atoms with Crippen LogP contribution in [0.5, 0.6) is 0 Å². The third-order valence-corrected chi connectivity index (χ3v) is 1.58. The number of hydrogen-bond acceptors (Lipinski definition) is 3. The smallest absolute Gasteiger partial charge is 0.0577 e. The zero-order valence-corrected chi connectivity index (χ0v) is 7.59. The molecule has 0 spiro atoms. The second-order valence-corrected chi connectivity index (χ2v) is 2.68. The van der Waals surface area contributed by atoms with Crippen LogP contribution in [0.1, 0.15) is 5.56 Å². The quantitative estimate of drug-likeness (QED) is 0.428. The largest absolute Gasteiger partial charge is 0.397 e. The molecule has 0 aromatic heterocycles. The lowest BCUT2D eigenvalue weighted by Gasteiger charge is -1.98. The predicted molar refractivity (Wildman–Crippen MR) is 56.1 cm³/mol. The Morgan fingerprint density at radius 2 is 2.08 bits per heavy atom. The van der Waals surface area contributed by atoms with Gasteiger partial charge in [-0.1, -0.05) is 11.8 Å². The van der Waals surface area contributed by atoms with E-state index in [4.69, 9.17) is 11.5 Å². The summed E-state index contributed by atoms with van der Waals surface area (Å²) in [6, 6.07) is 5.39. The molecular weight excluding hydrogens is 162 g/mol. The lowest BCUT2D eigenvalue weighted by molar-refractivity contribution is 0.938. The fourth-order valence-corrected chi connectivity index (χ4v) is 0.887. The van der Waals surface area contributed by atoms with Gasteiger partial charge in [-0.25, -0.2) is 0 Å². The Morgan fingerprint density at radius 1 is 1.31 bits per heavy atom. The lowest BCUT2D eigenvalue weighted by Crippen LogP contribution is -2.04. The molecule has 68 valence electrons. The zero-order valence-electron chi connectivity index (χ0n) is 7.59. The summed E-state index contributed by atoms with van der Waals surface area (Å²) < 4.78 is 0. The minimum Gasteiger partial charge on any atom is -0.397 e. The minimum atomic E-state index is 0.580. The molecule has 0 aliphatic rings. The van der Waals surface area contributed by atoms with Gasteiger partial charge in [0.05, 0.1) is 17.9 Å². The SMILES string of the molecule is CNCC#Cc1ccc(N)c(N)c1. The number of nitrogen functional groups attached to an aromatic ring is 2. The van der Waals surface area contributed by atoms with E-state index in [-0.39, 0.29) is 0 Å². The summed E-state index contributed by atoms with van der Waals surface area (Å²) in [6.45, 7) is 0.671. The summed E-state index contributed by atoms with van der Waals surface area (Å²) in [4.78, 5) is 0.